The topological polar surface area (TPSA) is 124 Å². The molecule has 1 amide bonds. The third-order valence-corrected chi connectivity index (χ3v) is 8.50. The number of alkyl carbamates (subject to hydrolysis) is 1. The zero-order valence-corrected chi connectivity index (χ0v) is 23.7. The van der Waals surface area contributed by atoms with Crippen LogP contribution in [-0.2, 0) is 27.1 Å². The minimum Gasteiger partial charge on any atom is -0.444 e. The summed E-state index contributed by atoms with van der Waals surface area (Å²) in [7, 11) is 0. The van der Waals surface area contributed by atoms with E-state index in [0.717, 1.165) is 57.4 Å². The first-order chi connectivity index (χ1) is 18.6. The Balaban J connectivity index is 1.15. The van der Waals surface area contributed by atoms with Crippen LogP contribution in [0.3, 0.4) is 0 Å². The number of nitrogen functional groups attached to an aromatic ring is 1. The largest absolute Gasteiger partial charge is 0.444 e. The number of carbonyl (C=O) groups excluding carboxylic acids is 1. The minimum atomic E-state index is -0.902. The third kappa shape index (κ3) is 5.22. The van der Waals surface area contributed by atoms with E-state index in [0.29, 0.717) is 26.3 Å². The van der Waals surface area contributed by atoms with Crippen molar-refractivity contribution in [3.05, 3.63) is 41.2 Å². The summed E-state index contributed by atoms with van der Waals surface area (Å²) in [5.41, 5.74) is 9.97. The number of aryl methyl sites for hydroxylation is 2. The number of aromatic nitrogens is 2. The summed E-state index contributed by atoms with van der Waals surface area (Å²) in [6.45, 7) is 9.53. The Morgan fingerprint density at radius 2 is 2.00 bits per heavy atom. The fourth-order valence-corrected chi connectivity index (χ4v) is 6.74. The van der Waals surface area contributed by atoms with Crippen LogP contribution in [0.15, 0.2) is 24.3 Å². The van der Waals surface area contributed by atoms with Crippen LogP contribution in [0.4, 0.5) is 21.3 Å². The molecule has 208 valence electrons. The molecule has 2 aliphatic heterocycles. The number of ether oxygens (including phenoxy) is 3. The van der Waals surface area contributed by atoms with Crippen molar-refractivity contribution in [3.63, 3.8) is 0 Å². The molecule has 3 aromatic heterocycles. The van der Waals surface area contributed by atoms with E-state index in [1.54, 1.807) is 11.3 Å². The van der Waals surface area contributed by atoms with Gasteiger partial charge in [0.2, 0.25) is 5.79 Å². The molecule has 0 aromatic carbocycles. The normalized spacial score (nSPS) is 22.3. The van der Waals surface area contributed by atoms with Crippen molar-refractivity contribution in [2.45, 2.75) is 70.4 Å². The summed E-state index contributed by atoms with van der Waals surface area (Å²) >= 11 is 1.62. The highest BCUT2D eigenvalue weighted by Crippen LogP contribution is 2.39. The zero-order valence-electron chi connectivity index (χ0n) is 22.9. The molecule has 0 bridgehead atoms. The summed E-state index contributed by atoms with van der Waals surface area (Å²) < 4.78 is 17.6. The van der Waals surface area contributed by atoms with Gasteiger partial charge in [-0.1, -0.05) is 17.4 Å². The molecular formula is C28H36N6O4S. The van der Waals surface area contributed by atoms with E-state index in [9.17, 15) is 4.79 Å². The number of amides is 1. The van der Waals surface area contributed by atoms with Gasteiger partial charge >= 0.3 is 6.09 Å². The van der Waals surface area contributed by atoms with Gasteiger partial charge in [0.25, 0.3) is 0 Å². The SMILES string of the molecule is Cc1ccc2c(N)c(N[C@H]3CCc4nc(N5C[C@@H](NC(=O)OC(C)(C)C)C6(C5)OCCO6)ccc4C3)sc2n1. The fourth-order valence-electron chi connectivity index (χ4n) is 5.62. The van der Waals surface area contributed by atoms with Crippen LogP contribution in [0.25, 0.3) is 10.2 Å². The Bertz CT molecular complexity index is 1400. The van der Waals surface area contributed by atoms with E-state index in [2.05, 4.69) is 32.7 Å². The molecule has 39 heavy (non-hydrogen) atoms. The van der Waals surface area contributed by atoms with E-state index in [-0.39, 0.29) is 12.1 Å². The van der Waals surface area contributed by atoms with Gasteiger partial charge in [0, 0.05) is 29.4 Å². The summed E-state index contributed by atoms with van der Waals surface area (Å²) in [4.78, 5) is 25.3. The number of nitrogens with zero attached hydrogens (tertiary/aromatic N) is 3. The van der Waals surface area contributed by atoms with Crippen molar-refractivity contribution >= 4 is 44.2 Å². The van der Waals surface area contributed by atoms with Crippen LogP contribution in [0, 0.1) is 6.92 Å². The molecular weight excluding hydrogens is 516 g/mol. The van der Waals surface area contributed by atoms with E-state index in [1.165, 1.54) is 5.56 Å². The lowest BCUT2D eigenvalue weighted by atomic mass is 9.92. The monoisotopic (exact) mass is 552 g/mol. The molecule has 4 N–H and O–H groups in total. The molecule has 0 saturated carbocycles. The lowest BCUT2D eigenvalue weighted by Gasteiger charge is -2.29. The average molecular weight is 553 g/mol. The minimum absolute atomic E-state index is 0.277. The van der Waals surface area contributed by atoms with Gasteiger partial charge in [-0.05, 0) is 70.7 Å². The number of thiophene rings is 1. The zero-order chi connectivity index (χ0) is 27.4. The number of pyridine rings is 2. The Morgan fingerprint density at radius 1 is 1.21 bits per heavy atom. The van der Waals surface area contributed by atoms with Crippen molar-refractivity contribution in [2.75, 3.05) is 42.3 Å². The Hall–Kier alpha value is -3.15. The van der Waals surface area contributed by atoms with Crippen LogP contribution in [0.5, 0.6) is 0 Å². The summed E-state index contributed by atoms with van der Waals surface area (Å²) in [5.74, 6) is -0.0384. The molecule has 11 heteroatoms. The van der Waals surface area contributed by atoms with Gasteiger partial charge in [-0.3, -0.25) is 0 Å². The van der Waals surface area contributed by atoms with Gasteiger partial charge < -0.3 is 35.5 Å². The number of nitrogens with one attached hydrogen (secondary N) is 2. The van der Waals surface area contributed by atoms with Crippen LogP contribution >= 0.6 is 11.3 Å². The predicted molar refractivity (Wildman–Crippen MR) is 152 cm³/mol. The lowest BCUT2D eigenvalue weighted by Crippen LogP contribution is -2.53. The molecule has 3 aliphatic rings. The number of anilines is 3. The van der Waals surface area contributed by atoms with E-state index < -0.39 is 17.5 Å². The third-order valence-electron chi connectivity index (χ3n) is 7.45. The first-order valence-electron chi connectivity index (χ1n) is 13.5. The van der Waals surface area contributed by atoms with Crippen LogP contribution in [0.2, 0.25) is 0 Å². The molecule has 0 radical (unpaired) electrons. The van der Waals surface area contributed by atoms with Crippen LogP contribution in [0.1, 0.15) is 44.1 Å². The summed E-state index contributed by atoms with van der Waals surface area (Å²) in [6, 6.07) is 8.18. The standard InChI is InChI=1S/C28H36N6O4S/c1-16-5-8-19-23(29)25(39-24(19)30-16)31-18-7-9-20-17(13-18)6-10-22(32-20)34-14-21(28(15-34)36-11-12-37-28)33-26(35)38-27(2,3)4/h5-6,8,10,18,21,31H,7,9,11-15,29H2,1-4H3,(H,33,35)/t18-,21+/m0/s1. The summed E-state index contributed by atoms with van der Waals surface area (Å²) in [5, 5.41) is 8.64. The molecule has 5 heterocycles. The molecule has 1 spiro atoms. The molecule has 6 rings (SSSR count). The van der Waals surface area contributed by atoms with Gasteiger partial charge in [0.15, 0.2) is 0 Å². The molecule has 10 nitrogen and oxygen atoms in total. The highest BCUT2D eigenvalue weighted by atomic mass is 32.1. The molecule has 2 fully saturated rings. The number of hydrogen-bond acceptors (Lipinski definition) is 10. The van der Waals surface area contributed by atoms with Gasteiger partial charge in [-0.2, -0.15) is 0 Å². The number of hydrogen-bond donors (Lipinski definition) is 3. The van der Waals surface area contributed by atoms with Gasteiger partial charge in [0.1, 0.15) is 27.3 Å². The molecule has 0 unspecified atom stereocenters. The molecule has 2 saturated heterocycles. The Labute approximate surface area is 232 Å². The molecule has 1 aliphatic carbocycles. The first kappa shape index (κ1) is 26.1. The van der Waals surface area contributed by atoms with Gasteiger partial charge in [-0.25, -0.2) is 14.8 Å². The van der Waals surface area contributed by atoms with Crippen molar-refractivity contribution in [3.8, 4) is 0 Å². The van der Waals surface area contributed by atoms with Gasteiger partial charge in [-0.15, -0.1) is 0 Å². The number of nitrogens with two attached hydrogens (primary N) is 1. The maximum Gasteiger partial charge on any atom is 0.408 e. The number of carbonyl (C=O) groups is 1. The molecule has 3 aromatic rings. The van der Waals surface area contributed by atoms with Gasteiger partial charge in [0.05, 0.1) is 25.4 Å². The Morgan fingerprint density at radius 3 is 2.77 bits per heavy atom. The maximum atomic E-state index is 12.5. The van der Waals surface area contributed by atoms with Crippen molar-refractivity contribution in [1.82, 2.24) is 15.3 Å². The van der Waals surface area contributed by atoms with E-state index in [4.69, 9.17) is 24.9 Å². The first-order valence-corrected chi connectivity index (χ1v) is 14.3. The van der Waals surface area contributed by atoms with E-state index >= 15 is 0 Å². The van der Waals surface area contributed by atoms with Crippen LogP contribution < -0.4 is 21.3 Å². The average Bonchev–Trinajstić information content (AvgIpc) is 3.56. The maximum absolute atomic E-state index is 12.5. The number of rotatable bonds is 4. The second kappa shape index (κ2) is 9.79. The number of fused-ring (bicyclic) bond motifs is 2. The second-order valence-corrected chi connectivity index (χ2v) is 12.6. The fraction of sp³-hybridized carbons (Fsp3) is 0.536. The second-order valence-electron chi connectivity index (χ2n) is 11.6. The Kier molecular flexibility index (Phi) is 6.55. The van der Waals surface area contributed by atoms with E-state index in [1.807, 2.05) is 39.8 Å². The quantitative estimate of drug-likeness (QED) is 0.440. The lowest BCUT2D eigenvalue weighted by molar-refractivity contribution is -0.153. The smallest absolute Gasteiger partial charge is 0.408 e. The highest BCUT2D eigenvalue weighted by Gasteiger charge is 2.53. The van der Waals surface area contributed by atoms with Crippen molar-refractivity contribution < 1.29 is 19.0 Å². The van der Waals surface area contributed by atoms with Crippen molar-refractivity contribution in [2.24, 2.45) is 0 Å². The highest BCUT2D eigenvalue weighted by molar-refractivity contribution is 7.23. The van der Waals surface area contributed by atoms with Crippen LogP contribution in [-0.4, -0.2) is 65.8 Å². The summed E-state index contributed by atoms with van der Waals surface area (Å²) in [6.07, 6.45) is 2.23. The van der Waals surface area contributed by atoms with Crippen molar-refractivity contribution in [1.29, 1.82) is 0 Å². The predicted octanol–water partition coefficient (Wildman–Crippen LogP) is 4.01. The molecule has 2 atom stereocenters.